The SMILES string of the molecule is O=C(O)C1(Cn2nnnc2C2CCCS2)CCCCCC1. The Balaban J connectivity index is 1.82. The minimum Gasteiger partial charge on any atom is -0.481 e. The average molecular weight is 310 g/mol. The smallest absolute Gasteiger partial charge is 0.311 e. The predicted molar refractivity (Wildman–Crippen MR) is 80.0 cm³/mol. The summed E-state index contributed by atoms with van der Waals surface area (Å²) in [7, 11) is 0. The zero-order valence-corrected chi connectivity index (χ0v) is 13.0. The Kier molecular flexibility index (Phi) is 4.47. The van der Waals surface area contributed by atoms with E-state index in [0.717, 1.165) is 56.5 Å². The molecule has 0 radical (unpaired) electrons. The van der Waals surface area contributed by atoms with Crippen molar-refractivity contribution in [3.63, 3.8) is 0 Å². The minimum atomic E-state index is -0.691. The molecule has 1 aromatic heterocycles. The van der Waals surface area contributed by atoms with Gasteiger partial charge >= 0.3 is 5.97 Å². The van der Waals surface area contributed by atoms with Crippen molar-refractivity contribution in [2.45, 2.75) is 63.2 Å². The van der Waals surface area contributed by atoms with Gasteiger partial charge in [0.1, 0.15) is 0 Å². The van der Waals surface area contributed by atoms with E-state index < -0.39 is 11.4 Å². The second-order valence-corrected chi connectivity index (χ2v) is 7.51. The number of hydrogen-bond acceptors (Lipinski definition) is 5. The van der Waals surface area contributed by atoms with Crippen LogP contribution < -0.4 is 0 Å². The normalized spacial score (nSPS) is 25.6. The van der Waals surface area contributed by atoms with E-state index in [1.54, 1.807) is 4.68 Å². The zero-order valence-electron chi connectivity index (χ0n) is 12.2. The topological polar surface area (TPSA) is 80.9 Å². The molecule has 1 atom stereocenters. The van der Waals surface area contributed by atoms with Crippen LogP contribution >= 0.6 is 11.8 Å². The molecule has 0 bridgehead atoms. The summed E-state index contributed by atoms with van der Waals surface area (Å²) < 4.78 is 1.77. The Hall–Kier alpha value is -1.11. The van der Waals surface area contributed by atoms with Crippen LogP contribution in [0.5, 0.6) is 0 Å². The van der Waals surface area contributed by atoms with Gasteiger partial charge in [-0.05, 0) is 41.9 Å². The van der Waals surface area contributed by atoms with Crippen LogP contribution in [0.4, 0.5) is 0 Å². The molecule has 7 heteroatoms. The number of carbonyl (C=O) groups is 1. The van der Waals surface area contributed by atoms with E-state index >= 15 is 0 Å². The highest BCUT2D eigenvalue weighted by Gasteiger charge is 2.40. The van der Waals surface area contributed by atoms with Crippen molar-refractivity contribution in [3.8, 4) is 0 Å². The molecular weight excluding hydrogens is 288 g/mol. The largest absolute Gasteiger partial charge is 0.481 e. The molecule has 1 saturated carbocycles. The lowest BCUT2D eigenvalue weighted by Gasteiger charge is -2.28. The number of nitrogens with zero attached hydrogens (tertiary/aromatic N) is 4. The van der Waals surface area contributed by atoms with Gasteiger partial charge in [0.2, 0.25) is 0 Å². The number of rotatable bonds is 4. The van der Waals surface area contributed by atoms with Crippen LogP contribution in [0.1, 0.15) is 62.4 Å². The van der Waals surface area contributed by atoms with E-state index in [4.69, 9.17) is 0 Å². The van der Waals surface area contributed by atoms with Gasteiger partial charge in [-0.2, -0.15) is 11.8 Å². The van der Waals surface area contributed by atoms with Gasteiger partial charge < -0.3 is 5.11 Å². The first-order valence-electron chi connectivity index (χ1n) is 7.82. The Morgan fingerprint density at radius 2 is 2.05 bits per heavy atom. The summed E-state index contributed by atoms with van der Waals surface area (Å²) in [5.74, 6) is 1.31. The molecule has 0 amide bonds. The van der Waals surface area contributed by atoms with Crippen LogP contribution in [0.2, 0.25) is 0 Å². The molecule has 0 spiro atoms. The molecule has 1 N–H and O–H groups in total. The highest BCUT2D eigenvalue weighted by molar-refractivity contribution is 7.99. The van der Waals surface area contributed by atoms with Gasteiger partial charge in [-0.15, -0.1) is 5.10 Å². The Morgan fingerprint density at radius 1 is 1.29 bits per heavy atom. The molecule has 2 fully saturated rings. The first-order chi connectivity index (χ1) is 10.2. The van der Waals surface area contributed by atoms with Crippen LogP contribution in [0.25, 0.3) is 0 Å². The van der Waals surface area contributed by atoms with E-state index in [9.17, 15) is 9.90 Å². The summed E-state index contributed by atoms with van der Waals surface area (Å²) in [6.07, 6.45) is 7.99. The fraction of sp³-hybridized carbons (Fsp3) is 0.857. The standard InChI is InChI=1S/C14H22N4O2S/c19-13(20)14(7-3-1-2-4-8-14)10-18-12(15-16-17-18)11-6-5-9-21-11/h11H,1-10H2,(H,19,20). The fourth-order valence-corrected chi connectivity index (χ4v) is 4.74. The van der Waals surface area contributed by atoms with Crippen LogP contribution in [-0.2, 0) is 11.3 Å². The molecule has 1 aromatic rings. The van der Waals surface area contributed by atoms with Crippen molar-refractivity contribution in [3.05, 3.63) is 5.82 Å². The molecule has 0 aromatic carbocycles. The first kappa shape index (κ1) is 14.8. The number of carboxylic acid groups (broad SMARTS) is 1. The third-order valence-electron chi connectivity index (χ3n) is 4.74. The number of hydrogen-bond donors (Lipinski definition) is 1. The molecule has 2 heterocycles. The third-order valence-corrected chi connectivity index (χ3v) is 6.12. The second-order valence-electron chi connectivity index (χ2n) is 6.20. The first-order valence-corrected chi connectivity index (χ1v) is 8.87. The predicted octanol–water partition coefficient (Wildman–Crippen LogP) is 2.67. The molecule has 1 saturated heterocycles. The molecule has 1 aliphatic carbocycles. The molecule has 21 heavy (non-hydrogen) atoms. The summed E-state index contributed by atoms with van der Waals surface area (Å²) in [5.41, 5.74) is -0.691. The summed E-state index contributed by atoms with van der Waals surface area (Å²) in [6, 6.07) is 0. The number of tetrazole rings is 1. The van der Waals surface area contributed by atoms with Crippen LogP contribution in [0, 0.1) is 5.41 Å². The van der Waals surface area contributed by atoms with E-state index in [-0.39, 0.29) is 0 Å². The van der Waals surface area contributed by atoms with Crippen LogP contribution in [-0.4, -0.2) is 37.0 Å². The molecule has 116 valence electrons. The summed E-state index contributed by atoms with van der Waals surface area (Å²) in [4.78, 5) is 11.9. The van der Waals surface area contributed by atoms with Gasteiger partial charge in [-0.1, -0.05) is 25.7 Å². The van der Waals surface area contributed by atoms with E-state index in [2.05, 4.69) is 15.5 Å². The minimum absolute atomic E-state index is 0.330. The van der Waals surface area contributed by atoms with Crippen molar-refractivity contribution in [2.24, 2.45) is 5.41 Å². The molecule has 1 aliphatic heterocycles. The lowest BCUT2D eigenvalue weighted by molar-refractivity contribution is -0.151. The molecule has 2 aliphatic rings. The van der Waals surface area contributed by atoms with E-state index in [1.807, 2.05) is 11.8 Å². The lowest BCUT2D eigenvalue weighted by Crippen LogP contribution is -2.36. The number of thioether (sulfide) groups is 1. The van der Waals surface area contributed by atoms with Gasteiger partial charge in [-0.3, -0.25) is 4.79 Å². The van der Waals surface area contributed by atoms with E-state index in [0.29, 0.717) is 11.8 Å². The van der Waals surface area contributed by atoms with Crippen molar-refractivity contribution in [1.29, 1.82) is 0 Å². The number of carboxylic acids is 1. The van der Waals surface area contributed by atoms with Gasteiger partial charge in [0, 0.05) is 0 Å². The quantitative estimate of drug-likeness (QED) is 0.861. The van der Waals surface area contributed by atoms with Crippen molar-refractivity contribution in [1.82, 2.24) is 20.2 Å². The zero-order chi connectivity index (χ0) is 14.7. The Morgan fingerprint density at radius 3 is 2.67 bits per heavy atom. The summed E-state index contributed by atoms with van der Waals surface area (Å²) in [5, 5.41) is 22.2. The second kappa shape index (κ2) is 6.34. The molecule has 3 rings (SSSR count). The summed E-state index contributed by atoms with van der Waals surface area (Å²) in [6.45, 7) is 0.418. The van der Waals surface area contributed by atoms with Gasteiger partial charge in [0.15, 0.2) is 5.82 Å². The molecule has 1 unspecified atom stereocenters. The maximum Gasteiger partial charge on any atom is 0.311 e. The third kappa shape index (κ3) is 3.07. The van der Waals surface area contributed by atoms with Gasteiger partial charge in [0.25, 0.3) is 0 Å². The maximum absolute atomic E-state index is 11.9. The van der Waals surface area contributed by atoms with Crippen molar-refractivity contribution in [2.75, 3.05) is 5.75 Å². The van der Waals surface area contributed by atoms with Crippen molar-refractivity contribution >= 4 is 17.7 Å². The van der Waals surface area contributed by atoms with Crippen molar-refractivity contribution < 1.29 is 9.90 Å². The van der Waals surface area contributed by atoms with Gasteiger partial charge in [0.05, 0.1) is 17.2 Å². The van der Waals surface area contributed by atoms with E-state index in [1.165, 1.54) is 6.42 Å². The highest BCUT2D eigenvalue weighted by Crippen LogP contribution is 2.41. The highest BCUT2D eigenvalue weighted by atomic mass is 32.2. The number of aromatic nitrogens is 4. The number of aliphatic carboxylic acids is 1. The lowest BCUT2D eigenvalue weighted by atomic mass is 9.80. The van der Waals surface area contributed by atoms with Crippen LogP contribution in [0.3, 0.4) is 0 Å². The van der Waals surface area contributed by atoms with Crippen LogP contribution in [0.15, 0.2) is 0 Å². The molecule has 6 nitrogen and oxygen atoms in total. The summed E-state index contributed by atoms with van der Waals surface area (Å²) >= 11 is 1.88. The Bertz CT molecular complexity index is 491. The molecular formula is C14H22N4O2S. The van der Waals surface area contributed by atoms with Gasteiger partial charge in [-0.25, -0.2) is 4.68 Å². The maximum atomic E-state index is 11.9. The Labute approximate surface area is 128 Å². The monoisotopic (exact) mass is 310 g/mol. The fourth-order valence-electron chi connectivity index (χ4n) is 3.47. The average Bonchev–Trinajstić information content (AvgIpc) is 3.07.